The largest absolute Gasteiger partial charge is 0.444 e. The Balaban J connectivity index is 2.15. The highest BCUT2D eigenvalue weighted by Gasteiger charge is 2.30. The minimum Gasteiger partial charge on any atom is -0.444 e. The molecule has 1 fully saturated rings. The summed E-state index contributed by atoms with van der Waals surface area (Å²) in [7, 11) is 0. The second-order valence-electron chi connectivity index (χ2n) is 5.93. The highest BCUT2D eigenvalue weighted by molar-refractivity contribution is 6.12. The second-order valence-corrected chi connectivity index (χ2v) is 5.93. The number of amides is 3. The van der Waals surface area contributed by atoms with Crippen LogP contribution in [0, 0.1) is 12.8 Å². The summed E-state index contributed by atoms with van der Waals surface area (Å²) in [5, 5.41) is 2.56. The highest BCUT2D eigenvalue weighted by atomic mass is 16.4. The van der Waals surface area contributed by atoms with Crippen LogP contribution in [0.2, 0.25) is 0 Å². The Labute approximate surface area is 139 Å². The predicted octanol–water partition coefficient (Wildman–Crippen LogP) is 1.09. The van der Waals surface area contributed by atoms with Crippen LogP contribution in [-0.4, -0.2) is 41.5 Å². The van der Waals surface area contributed by atoms with E-state index >= 15 is 0 Å². The first-order valence-corrected chi connectivity index (χ1v) is 7.72. The van der Waals surface area contributed by atoms with Gasteiger partial charge in [-0.05, 0) is 26.7 Å². The molecule has 1 saturated heterocycles. The van der Waals surface area contributed by atoms with Crippen LogP contribution in [0.25, 0.3) is 0 Å². The van der Waals surface area contributed by atoms with Crippen LogP contribution in [-0.2, 0) is 9.59 Å². The van der Waals surface area contributed by atoms with Crippen LogP contribution in [0.4, 0.5) is 5.88 Å². The highest BCUT2D eigenvalue weighted by Crippen LogP contribution is 2.28. The standard InChI is InChI=1S/C16H21N3O5/c1-8(20)12-9(2)24-16(13(12)14(17)22)18-15(23)11-4-6-19(7-5-11)10(3)21/h11H,4-7H2,1-3H3,(H2,17,22)(H,18,23). The lowest BCUT2D eigenvalue weighted by Crippen LogP contribution is -2.40. The number of likely N-dealkylation sites (tertiary alicyclic amines) is 1. The molecule has 0 atom stereocenters. The number of anilines is 1. The molecule has 0 bridgehead atoms. The molecule has 24 heavy (non-hydrogen) atoms. The molecule has 0 unspecified atom stereocenters. The molecular weight excluding hydrogens is 314 g/mol. The van der Waals surface area contributed by atoms with Gasteiger partial charge in [-0.25, -0.2) is 0 Å². The fourth-order valence-electron chi connectivity index (χ4n) is 2.96. The van der Waals surface area contributed by atoms with E-state index in [1.807, 2.05) is 0 Å². The van der Waals surface area contributed by atoms with E-state index in [4.69, 9.17) is 10.2 Å². The van der Waals surface area contributed by atoms with Crippen molar-refractivity contribution in [2.24, 2.45) is 11.7 Å². The number of ketones is 1. The zero-order valence-corrected chi connectivity index (χ0v) is 14.0. The van der Waals surface area contributed by atoms with Crippen LogP contribution in [0.15, 0.2) is 4.42 Å². The number of piperidine rings is 1. The number of primary amides is 1. The molecule has 3 amide bonds. The molecule has 0 spiro atoms. The van der Waals surface area contributed by atoms with Gasteiger partial charge in [-0.2, -0.15) is 0 Å². The van der Waals surface area contributed by atoms with Gasteiger partial charge in [0.25, 0.3) is 5.91 Å². The lowest BCUT2D eigenvalue weighted by molar-refractivity contribution is -0.132. The number of nitrogens with zero attached hydrogens (tertiary/aromatic N) is 1. The summed E-state index contributed by atoms with van der Waals surface area (Å²) in [6, 6.07) is 0. The molecule has 0 aliphatic carbocycles. The van der Waals surface area contributed by atoms with Gasteiger partial charge in [0.1, 0.15) is 11.3 Å². The van der Waals surface area contributed by atoms with Crippen LogP contribution < -0.4 is 11.1 Å². The van der Waals surface area contributed by atoms with Crippen LogP contribution in [0.1, 0.15) is 53.2 Å². The molecule has 1 aromatic heterocycles. The lowest BCUT2D eigenvalue weighted by Gasteiger charge is -2.30. The van der Waals surface area contributed by atoms with Gasteiger partial charge >= 0.3 is 0 Å². The Morgan fingerprint density at radius 2 is 1.71 bits per heavy atom. The van der Waals surface area contributed by atoms with Gasteiger partial charge in [0.05, 0.1) is 5.56 Å². The smallest absolute Gasteiger partial charge is 0.255 e. The van der Waals surface area contributed by atoms with Crippen molar-refractivity contribution in [1.29, 1.82) is 0 Å². The van der Waals surface area contributed by atoms with Gasteiger partial charge in [0.15, 0.2) is 5.78 Å². The Hall–Kier alpha value is -2.64. The number of nitrogens with one attached hydrogen (secondary N) is 1. The van der Waals surface area contributed by atoms with Crippen molar-refractivity contribution < 1.29 is 23.6 Å². The molecule has 2 rings (SSSR count). The minimum atomic E-state index is -0.834. The second kappa shape index (κ2) is 6.86. The van der Waals surface area contributed by atoms with Gasteiger partial charge in [-0.3, -0.25) is 24.5 Å². The summed E-state index contributed by atoms with van der Waals surface area (Å²) in [6.45, 7) is 5.34. The molecule has 8 nitrogen and oxygen atoms in total. The van der Waals surface area contributed by atoms with Gasteiger partial charge in [0, 0.05) is 25.9 Å². The predicted molar refractivity (Wildman–Crippen MR) is 85.6 cm³/mol. The molecule has 0 aromatic carbocycles. The van der Waals surface area contributed by atoms with Gasteiger partial charge in [-0.15, -0.1) is 0 Å². The summed E-state index contributed by atoms with van der Waals surface area (Å²) >= 11 is 0. The molecule has 8 heteroatoms. The number of carbonyl (C=O) groups is 4. The summed E-state index contributed by atoms with van der Waals surface area (Å²) in [5.74, 6) is -1.68. The van der Waals surface area contributed by atoms with Crippen LogP contribution >= 0.6 is 0 Å². The first-order chi connectivity index (χ1) is 11.2. The maximum atomic E-state index is 12.4. The average molecular weight is 335 g/mol. The molecule has 0 radical (unpaired) electrons. The number of Topliss-reactive ketones (excluding diaryl/α,β-unsaturated/α-hetero) is 1. The molecule has 0 saturated carbocycles. The number of hydrogen-bond acceptors (Lipinski definition) is 5. The van der Waals surface area contributed by atoms with E-state index in [9.17, 15) is 19.2 Å². The van der Waals surface area contributed by atoms with Crippen molar-refractivity contribution in [3.63, 3.8) is 0 Å². The van der Waals surface area contributed by atoms with Gasteiger partial charge < -0.3 is 15.1 Å². The molecule has 3 N–H and O–H groups in total. The first kappa shape index (κ1) is 17.7. The summed E-state index contributed by atoms with van der Waals surface area (Å²) < 4.78 is 5.37. The van der Waals surface area contributed by atoms with E-state index in [2.05, 4.69) is 5.32 Å². The van der Waals surface area contributed by atoms with Gasteiger partial charge in [-0.1, -0.05) is 0 Å². The van der Waals surface area contributed by atoms with Crippen molar-refractivity contribution >= 4 is 29.4 Å². The van der Waals surface area contributed by atoms with Crippen LogP contribution in [0.5, 0.6) is 0 Å². The molecule has 2 heterocycles. The Morgan fingerprint density at radius 1 is 1.12 bits per heavy atom. The number of hydrogen-bond donors (Lipinski definition) is 2. The Kier molecular flexibility index (Phi) is 5.06. The average Bonchev–Trinajstić information content (AvgIpc) is 2.83. The molecular formula is C16H21N3O5. The first-order valence-electron chi connectivity index (χ1n) is 7.72. The van der Waals surface area contributed by atoms with E-state index in [1.165, 1.54) is 20.8 Å². The molecule has 1 aliphatic heterocycles. The number of furan rings is 1. The lowest BCUT2D eigenvalue weighted by atomic mass is 9.96. The quantitative estimate of drug-likeness (QED) is 0.797. The number of nitrogens with two attached hydrogens (primary N) is 1. The van der Waals surface area contributed by atoms with Crippen molar-refractivity contribution in [3.8, 4) is 0 Å². The van der Waals surface area contributed by atoms with E-state index in [0.717, 1.165) is 0 Å². The number of carbonyl (C=O) groups excluding carboxylic acids is 4. The summed E-state index contributed by atoms with van der Waals surface area (Å²) in [5.41, 5.74) is 5.31. The number of rotatable bonds is 4. The zero-order chi connectivity index (χ0) is 18.0. The van der Waals surface area contributed by atoms with E-state index < -0.39 is 5.91 Å². The SMILES string of the molecule is CC(=O)c1c(C)oc(NC(=O)C2CCN(C(C)=O)CC2)c1C(N)=O. The van der Waals surface area contributed by atoms with Crippen LogP contribution in [0.3, 0.4) is 0 Å². The van der Waals surface area contributed by atoms with Gasteiger partial charge in [0.2, 0.25) is 17.7 Å². The monoisotopic (exact) mass is 335 g/mol. The molecule has 130 valence electrons. The molecule has 1 aromatic rings. The maximum Gasteiger partial charge on any atom is 0.255 e. The van der Waals surface area contributed by atoms with Crippen molar-refractivity contribution in [1.82, 2.24) is 4.90 Å². The van der Waals surface area contributed by atoms with E-state index in [1.54, 1.807) is 4.90 Å². The minimum absolute atomic E-state index is 0.0161. The summed E-state index contributed by atoms with van der Waals surface area (Å²) in [4.78, 5) is 48.7. The van der Waals surface area contributed by atoms with E-state index in [-0.39, 0.29) is 46.3 Å². The zero-order valence-electron chi connectivity index (χ0n) is 14.0. The van der Waals surface area contributed by atoms with Crippen molar-refractivity contribution in [3.05, 3.63) is 16.9 Å². The topological polar surface area (TPSA) is 123 Å². The normalized spacial score (nSPS) is 15.2. The Morgan fingerprint density at radius 3 is 2.17 bits per heavy atom. The third-order valence-electron chi connectivity index (χ3n) is 4.23. The molecule has 1 aliphatic rings. The fourth-order valence-corrected chi connectivity index (χ4v) is 2.96. The van der Waals surface area contributed by atoms with E-state index in [0.29, 0.717) is 25.9 Å². The maximum absolute atomic E-state index is 12.4. The summed E-state index contributed by atoms with van der Waals surface area (Å²) in [6.07, 6.45) is 1.05. The third kappa shape index (κ3) is 3.47. The fraction of sp³-hybridized carbons (Fsp3) is 0.500. The van der Waals surface area contributed by atoms with Crippen molar-refractivity contribution in [2.45, 2.75) is 33.6 Å². The third-order valence-corrected chi connectivity index (χ3v) is 4.23. The van der Waals surface area contributed by atoms with Crippen molar-refractivity contribution in [2.75, 3.05) is 18.4 Å². The Bertz CT molecular complexity index is 699. The number of aryl methyl sites for hydroxylation is 1.